The summed E-state index contributed by atoms with van der Waals surface area (Å²) in [6.07, 6.45) is 2.32. The Morgan fingerprint density at radius 1 is 0.810 bits per heavy atom. The molecule has 0 saturated carbocycles. The first kappa shape index (κ1) is 19.4. The van der Waals surface area contributed by atoms with Gasteiger partial charge in [-0.05, 0) is 40.0 Å². The maximum atomic E-state index is 5.47. The number of hydrogen-bond acceptors (Lipinski definition) is 6. The van der Waals surface area contributed by atoms with E-state index in [1.54, 1.807) is 0 Å². The molecule has 6 nitrogen and oxygen atoms in total. The summed E-state index contributed by atoms with van der Waals surface area (Å²) in [5.74, 6) is 0. The lowest BCUT2D eigenvalue weighted by molar-refractivity contribution is 0.0785. The smallest absolute Gasteiger partial charge is 0.370 e. The third-order valence-electron chi connectivity index (χ3n) is 2.77. The molecule has 0 aliphatic carbocycles. The molecule has 120 valence electrons. The van der Waals surface area contributed by atoms with Gasteiger partial charge in [0.05, 0.1) is 17.1 Å². The average molecular weight is 313 g/mol. The molecule has 0 bridgehead atoms. The number of rotatable bonds is 10. The molecule has 0 unspecified atom stereocenters. The first-order valence-corrected chi connectivity index (χ1v) is 9.01. The fourth-order valence-electron chi connectivity index (χ4n) is 0.780. The predicted molar refractivity (Wildman–Crippen MR) is 89.4 cm³/mol. The van der Waals surface area contributed by atoms with Crippen LogP contribution in [0.1, 0.15) is 60.8 Å². The Hall–Kier alpha value is -1.63. The molecule has 0 amide bonds. The van der Waals surface area contributed by atoms with Gasteiger partial charge < -0.3 is 13.6 Å². The molecule has 0 radical (unpaired) electrons. The highest BCUT2D eigenvalue weighted by Crippen LogP contribution is 2.14. The zero-order valence-corrected chi connectivity index (χ0v) is 15.0. The van der Waals surface area contributed by atoms with Crippen LogP contribution in [-0.2, 0) is 13.6 Å². The molecule has 0 N–H and O–H groups in total. The van der Waals surface area contributed by atoms with E-state index in [9.17, 15) is 0 Å². The highest BCUT2D eigenvalue weighted by atomic mass is 28.4. The highest BCUT2D eigenvalue weighted by molar-refractivity contribution is 6.66. The van der Waals surface area contributed by atoms with Crippen LogP contribution in [0.3, 0.4) is 0 Å². The zero-order chi connectivity index (χ0) is 16.3. The van der Waals surface area contributed by atoms with Crippen molar-refractivity contribution in [2.75, 3.05) is 0 Å². The van der Waals surface area contributed by atoms with E-state index in [4.69, 9.17) is 13.6 Å². The second kappa shape index (κ2) is 10.1. The van der Waals surface area contributed by atoms with Gasteiger partial charge in [-0.1, -0.05) is 27.4 Å². The molecule has 0 aromatic rings. The van der Waals surface area contributed by atoms with Crippen LogP contribution in [0.5, 0.6) is 0 Å². The Labute approximate surface area is 128 Å². The summed E-state index contributed by atoms with van der Waals surface area (Å²) < 4.78 is 16.4. The van der Waals surface area contributed by atoms with Gasteiger partial charge in [-0.25, -0.2) is 0 Å². The fraction of sp³-hybridized carbons (Fsp3) is 0.643. The lowest BCUT2D eigenvalue weighted by Gasteiger charge is -2.19. The summed E-state index contributed by atoms with van der Waals surface area (Å²) in [4.78, 5) is 0. The molecule has 0 saturated heterocycles. The van der Waals surface area contributed by atoms with Crippen molar-refractivity contribution in [1.82, 2.24) is 0 Å². The largest absolute Gasteiger partial charge is 0.791 e. The van der Waals surface area contributed by atoms with Crippen molar-refractivity contribution in [2.24, 2.45) is 15.5 Å². The van der Waals surface area contributed by atoms with E-state index in [1.165, 1.54) is 5.70 Å². The van der Waals surface area contributed by atoms with Gasteiger partial charge in [0.2, 0.25) is 0 Å². The molecule has 0 fully saturated rings. The van der Waals surface area contributed by atoms with E-state index in [1.807, 2.05) is 41.5 Å². The van der Waals surface area contributed by atoms with Crippen LogP contribution in [0.15, 0.2) is 27.7 Å². The minimum atomic E-state index is -3.31. The van der Waals surface area contributed by atoms with Crippen LogP contribution in [0.4, 0.5) is 0 Å². The normalized spacial score (nSPS) is 13.9. The molecular weight excluding hydrogens is 286 g/mol. The molecule has 0 heterocycles. The van der Waals surface area contributed by atoms with E-state index in [0.717, 1.165) is 36.4 Å². The Morgan fingerprint density at radius 3 is 1.29 bits per heavy atom. The quantitative estimate of drug-likeness (QED) is 0.347. The average Bonchev–Trinajstić information content (AvgIpc) is 2.53. The van der Waals surface area contributed by atoms with Crippen LogP contribution in [0.2, 0.25) is 0 Å². The van der Waals surface area contributed by atoms with Gasteiger partial charge in [-0.2, -0.15) is 0 Å². The van der Waals surface area contributed by atoms with Gasteiger partial charge in [0.1, 0.15) is 0 Å². The molecule has 0 rings (SSSR count). The molecule has 0 aromatic carbocycles. The standard InChI is InChI=1S/C14H27N3O3Si/c1-8-12(5)15-18-21(11-4,19-16-13(6)9-2)20-17-14(7)10-3/h11H,4,8-10H2,1-3,5-7H3/b15-12-,16-13-,17-14+. The van der Waals surface area contributed by atoms with Crippen molar-refractivity contribution in [1.29, 1.82) is 0 Å². The maximum absolute atomic E-state index is 5.47. The third kappa shape index (κ3) is 7.65. The monoisotopic (exact) mass is 313 g/mol. The second-order valence-electron chi connectivity index (χ2n) is 4.62. The van der Waals surface area contributed by atoms with E-state index in [2.05, 4.69) is 22.0 Å². The number of oxime groups is 3. The first-order valence-electron chi connectivity index (χ1n) is 7.21. The van der Waals surface area contributed by atoms with E-state index in [0.29, 0.717) is 0 Å². The molecule has 0 aliphatic rings. The summed E-state index contributed by atoms with van der Waals surface area (Å²) >= 11 is 0. The van der Waals surface area contributed by atoms with Gasteiger partial charge in [-0.15, -0.1) is 15.5 Å². The van der Waals surface area contributed by atoms with Crippen molar-refractivity contribution in [3.05, 3.63) is 12.3 Å². The summed E-state index contributed by atoms with van der Waals surface area (Å²) in [7, 11) is -3.31. The van der Waals surface area contributed by atoms with E-state index in [-0.39, 0.29) is 0 Å². The minimum Gasteiger partial charge on any atom is -0.370 e. The summed E-state index contributed by atoms with van der Waals surface area (Å²) in [5.41, 5.74) is 3.95. The Morgan fingerprint density at radius 2 is 1.10 bits per heavy atom. The maximum Gasteiger partial charge on any atom is 0.791 e. The van der Waals surface area contributed by atoms with Crippen molar-refractivity contribution >= 4 is 25.9 Å². The summed E-state index contributed by atoms with van der Waals surface area (Å²) in [5, 5.41) is 12.0. The van der Waals surface area contributed by atoms with E-state index < -0.39 is 8.80 Å². The predicted octanol–water partition coefficient (Wildman–Crippen LogP) is 4.06. The summed E-state index contributed by atoms with van der Waals surface area (Å²) in [6.45, 7) is 15.3. The topological polar surface area (TPSA) is 64.8 Å². The molecular formula is C14H27N3O3Si. The molecule has 21 heavy (non-hydrogen) atoms. The van der Waals surface area contributed by atoms with Crippen molar-refractivity contribution in [2.45, 2.75) is 60.8 Å². The highest BCUT2D eigenvalue weighted by Gasteiger charge is 2.48. The van der Waals surface area contributed by atoms with Crippen molar-refractivity contribution in [3.8, 4) is 0 Å². The molecule has 0 aromatic heterocycles. The van der Waals surface area contributed by atoms with Crippen molar-refractivity contribution < 1.29 is 13.6 Å². The SMILES string of the molecule is C=C[Si](O/N=C(/C)CC)(O/N=C(/C)CC)O/N=C(\C)CC. The van der Waals surface area contributed by atoms with Crippen LogP contribution < -0.4 is 0 Å². The Kier molecular flexibility index (Phi) is 9.36. The van der Waals surface area contributed by atoms with Gasteiger partial charge in [0, 0.05) is 5.70 Å². The first-order chi connectivity index (χ1) is 9.92. The molecule has 0 spiro atoms. The number of nitrogens with zero attached hydrogens (tertiary/aromatic N) is 3. The molecule has 7 heteroatoms. The van der Waals surface area contributed by atoms with Gasteiger partial charge in [0.25, 0.3) is 0 Å². The Balaban J connectivity index is 5.22. The third-order valence-corrected chi connectivity index (χ3v) is 4.31. The second-order valence-corrected chi connectivity index (χ2v) is 6.78. The lowest BCUT2D eigenvalue weighted by atomic mass is 10.3. The number of hydrogen-bond donors (Lipinski definition) is 0. The fourth-order valence-corrected chi connectivity index (χ4v) is 1.95. The minimum absolute atomic E-state index is 0.774. The van der Waals surface area contributed by atoms with Crippen molar-refractivity contribution in [3.63, 3.8) is 0 Å². The molecule has 0 atom stereocenters. The molecule has 0 aliphatic heterocycles. The van der Waals surface area contributed by atoms with Crippen LogP contribution >= 0.6 is 0 Å². The van der Waals surface area contributed by atoms with Gasteiger partial charge >= 0.3 is 8.80 Å². The summed E-state index contributed by atoms with van der Waals surface area (Å²) in [6, 6.07) is 0. The van der Waals surface area contributed by atoms with Crippen LogP contribution in [-0.4, -0.2) is 25.9 Å². The van der Waals surface area contributed by atoms with Gasteiger partial charge in [-0.3, -0.25) is 0 Å². The zero-order valence-electron chi connectivity index (χ0n) is 14.0. The lowest BCUT2D eigenvalue weighted by Crippen LogP contribution is -2.40. The Bertz CT molecular complexity index is 365. The van der Waals surface area contributed by atoms with Crippen LogP contribution in [0, 0.1) is 0 Å². The van der Waals surface area contributed by atoms with E-state index >= 15 is 0 Å². The van der Waals surface area contributed by atoms with Gasteiger partial charge in [0.15, 0.2) is 0 Å². The van der Waals surface area contributed by atoms with Crippen LogP contribution in [0.25, 0.3) is 0 Å².